The first-order valence-corrected chi connectivity index (χ1v) is 8.31. The van der Waals surface area contributed by atoms with Crippen LogP contribution in [0.1, 0.15) is 49.7 Å². The smallest absolute Gasteiger partial charge is 0.417 e. The van der Waals surface area contributed by atoms with Crippen LogP contribution in [0, 0.1) is 17.2 Å². The number of nitrogens with one attached hydrogen (secondary N) is 1. The lowest BCUT2D eigenvalue weighted by atomic mass is 9.84. The maximum atomic E-state index is 13.1. The Balaban J connectivity index is 2.20. The lowest BCUT2D eigenvalue weighted by Gasteiger charge is -2.26. The maximum Gasteiger partial charge on any atom is 0.417 e. The van der Waals surface area contributed by atoms with E-state index in [0.717, 1.165) is 37.8 Å². The number of anilines is 1. The van der Waals surface area contributed by atoms with E-state index in [1.165, 1.54) is 19.6 Å². The van der Waals surface area contributed by atoms with Crippen LogP contribution in [0.4, 0.5) is 18.9 Å². The van der Waals surface area contributed by atoms with E-state index < -0.39 is 29.3 Å². The molecule has 1 fully saturated rings. The lowest BCUT2D eigenvalue weighted by molar-refractivity contribution is -0.142. The van der Waals surface area contributed by atoms with E-state index in [1.54, 1.807) is 6.07 Å². The molecule has 0 heterocycles. The molecule has 1 aliphatic carbocycles. The monoisotopic (exact) mass is 354 g/mol. The summed E-state index contributed by atoms with van der Waals surface area (Å²) in [7, 11) is 1.26. The Kier molecular flexibility index (Phi) is 6.29. The topological polar surface area (TPSA) is 62.1 Å². The minimum absolute atomic E-state index is 0.150. The molecule has 0 aliphatic heterocycles. The SMILES string of the molecule is COC(=O)[C@H](CC1CCCCC1)Nc1ccc(C#N)c(C(F)(F)F)c1. The minimum atomic E-state index is -4.63. The second-order valence-electron chi connectivity index (χ2n) is 6.33. The third-order valence-electron chi connectivity index (χ3n) is 4.57. The molecule has 1 N–H and O–H groups in total. The number of ether oxygens (including phenoxy) is 1. The highest BCUT2D eigenvalue weighted by Crippen LogP contribution is 2.34. The summed E-state index contributed by atoms with van der Waals surface area (Å²) in [6, 6.07) is 4.20. The van der Waals surface area contributed by atoms with Gasteiger partial charge in [0.05, 0.1) is 24.3 Å². The third-order valence-corrected chi connectivity index (χ3v) is 4.57. The Morgan fingerprint density at radius 3 is 2.60 bits per heavy atom. The maximum absolute atomic E-state index is 13.1. The molecule has 7 heteroatoms. The fraction of sp³-hybridized carbons (Fsp3) is 0.556. The molecule has 0 saturated heterocycles. The molecule has 1 atom stereocenters. The van der Waals surface area contributed by atoms with Crippen molar-refractivity contribution in [2.75, 3.05) is 12.4 Å². The molecule has 0 spiro atoms. The van der Waals surface area contributed by atoms with Gasteiger partial charge in [0, 0.05) is 5.69 Å². The van der Waals surface area contributed by atoms with E-state index in [1.807, 2.05) is 0 Å². The summed E-state index contributed by atoms with van der Waals surface area (Å²) >= 11 is 0. The van der Waals surface area contributed by atoms with Gasteiger partial charge in [-0.3, -0.25) is 0 Å². The molecule has 4 nitrogen and oxygen atoms in total. The van der Waals surface area contributed by atoms with E-state index in [0.29, 0.717) is 12.3 Å². The largest absolute Gasteiger partial charge is 0.467 e. The van der Waals surface area contributed by atoms with Crippen LogP contribution in [-0.2, 0) is 15.7 Å². The van der Waals surface area contributed by atoms with Crippen molar-refractivity contribution in [3.05, 3.63) is 29.3 Å². The van der Waals surface area contributed by atoms with E-state index in [4.69, 9.17) is 10.00 Å². The summed E-state index contributed by atoms with van der Waals surface area (Å²) in [5.41, 5.74) is -1.31. The van der Waals surface area contributed by atoms with Gasteiger partial charge < -0.3 is 10.1 Å². The third kappa shape index (κ3) is 5.12. The second-order valence-corrected chi connectivity index (χ2v) is 6.33. The summed E-state index contributed by atoms with van der Waals surface area (Å²) in [4.78, 5) is 12.0. The molecule has 1 aromatic carbocycles. The number of hydrogen-bond donors (Lipinski definition) is 1. The van der Waals surface area contributed by atoms with Gasteiger partial charge in [0.2, 0.25) is 0 Å². The van der Waals surface area contributed by atoms with Gasteiger partial charge >= 0.3 is 12.1 Å². The number of nitriles is 1. The molecule has 2 rings (SSSR count). The van der Waals surface area contributed by atoms with Crippen LogP contribution in [0.15, 0.2) is 18.2 Å². The summed E-state index contributed by atoms with van der Waals surface area (Å²) < 4.78 is 44.0. The number of esters is 1. The minimum Gasteiger partial charge on any atom is -0.467 e. The molecule has 0 amide bonds. The van der Waals surface area contributed by atoms with E-state index in [-0.39, 0.29) is 5.69 Å². The number of methoxy groups -OCH3 is 1. The Morgan fingerprint density at radius 2 is 2.04 bits per heavy atom. The molecule has 0 bridgehead atoms. The van der Waals surface area contributed by atoms with Crippen molar-refractivity contribution in [3.63, 3.8) is 0 Å². The molecular formula is C18H21F3N2O2. The van der Waals surface area contributed by atoms with Crippen LogP contribution >= 0.6 is 0 Å². The van der Waals surface area contributed by atoms with Crippen LogP contribution in [0.3, 0.4) is 0 Å². The Morgan fingerprint density at radius 1 is 1.36 bits per heavy atom. The summed E-state index contributed by atoms with van der Waals surface area (Å²) in [6.45, 7) is 0. The van der Waals surface area contributed by atoms with Gasteiger partial charge in [-0.05, 0) is 30.5 Å². The van der Waals surface area contributed by atoms with E-state index >= 15 is 0 Å². The number of halogens is 3. The molecule has 25 heavy (non-hydrogen) atoms. The fourth-order valence-electron chi connectivity index (χ4n) is 3.28. The molecule has 1 aromatic rings. The number of carbonyl (C=O) groups excluding carboxylic acids is 1. The van der Waals surface area contributed by atoms with Crippen LogP contribution in [0.2, 0.25) is 0 Å². The first kappa shape index (κ1) is 19.1. The number of nitrogens with zero attached hydrogens (tertiary/aromatic N) is 1. The molecule has 0 unspecified atom stereocenters. The average molecular weight is 354 g/mol. The molecule has 136 valence electrons. The Bertz CT molecular complexity index is 647. The summed E-state index contributed by atoms with van der Waals surface area (Å²) in [5, 5.41) is 11.7. The average Bonchev–Trinajstić information content (AvgIpc) is 2.60. The highest BCUT2D eigenvalue weighted by Gasteiger charge is 2.34. The fourth-order valence-corrected chi connectivity index (χ4v) is 3.28. The molecule has 0 aromatic heterocycles. The van der Waals surface area contributed by atoms with Gasteiger partial charge in [-0.1, -0.05) is 32.1 Å². The first-order valence-electron chi connectivity index (χ1n) is 8.31. The Hall–Kier alpha value is -2.23. The molecular weight excluding hydrogens is 333 g/mol. The van der Waals surface area contributed by atoms with Gasteiger partial charge in [-0.2, -0.15) is 18.4 Å². The number of carbonyl (C=O) groups is 1. The standard InChI is InChI=1S/C18H21F3N2O2/c1-25-17(24)16(9-12-5-3-2-4-6-12)23-14-8-7-13(11-22)15(10-14)18(19,20)21/h7-8,10,12,16,23H,2-6,9H2,1H3/t16-/m0/s1. The van der Waals surface area contributed by atoms with Crippen LogP contribution in [0.25, 0.3) is 0 Å². The van der Waals surface area contributed by atoms with Crippen LogP contribution in [0.5, 0.6) is 0 Å². The number of rotatable bonds is 5. The quantitative estimate of drug-likeness (QED) is 0.791. The zero-order valence-corrected chi connectivity index (χ0v) is 14.0. The normalized spacial score (nSPS) is 16.8. The van der Waals surface area contributed by atoms with Gasteiger partial charge in [-0.25, -0.2) is 4.79 Å². The summed E-state index contributed by atoms with van der Waals surface area (Å²) in [6.07, 6.45) is 1.30. The highest BCUT2D eigenvalue weighted by molar-refractivity contribution is 5.79. The second kappa shape index (κ2) is 8.24. The predicted octanol–water partition coefficient (Wildman–Crippen LogP) is 4.50. The van der Waals surface area contributed by atoms with Gasteiger partial charge in [0.1, 0.15) is 6.04 Å². The number of alkyl halides is 3. The van der Waals surface area contributed by atoms with E-state index in [2.05, 4.69) is 5.32 Å². The van der Waals surface area contributed by atoms with Crippen LogP contribution in [-0.4, -0.2) is 19.1 Å². The Labute approximate surface area is 145 Å². The van der Waals surface area contributed by atoms with Gasteiger partial charge in [-0.15, -0.1) is 0 Å². The van der Waals surface area contributed by atoms with Crippen molar-refractivity contribution < 1.29 is 22.7 Å². The van der Waals surface area contributed by atoms with Crippen molar-refractivity contribution >= 4 is 11.7 Å². The number of hydrogen-bond acceptors (Lipinski definition) is 4. The molecule has 1 aliphatic rings. The lowest BCUT2D eigenvalue weighted by Crippen LogP contribution is -2.33. The molecule has 0 radical (unpaired) electrons. The van der Waals surface area contributed by atoms with Crippen molar-refractivity contribution in [2.45, 2.75) is 50.7 Å². The van der Waals surface area contributed by atoms with Crippen molar-refractivity contribution in [1.29, 1.82) is 5.26 Å². The zero-order valence-electron chi connectivity index (χ0n) is 14.0. The van der Waals surface area contributed by atoms with E-state index in [9.17, 15) is 18.0 Å². The van der Waals surface area contributed by atoms with Gasteiger partial charge in [0.15, 0.2) is 0 Å². The van der Waals surface area contributed by atoms with Crippen LogP contribution < -0.4 is 5.32 Å². The van der Waals surface area contributed by atoms with Crippen molar-refractivity contribution in [1.82, 2.24) is 0 Å². The van der Waals surface area contributed by atoms with Gasteiger partial charge in [0.25, 0.3) is 0 Å². The first-order chi connectivity index (χ1) is 11.8. The highest BCUT2D eigenvalue weighted by atomic mass is 19.4. The molecule has 1 saturated carbocycles. The zero-order chi connectivity index (χ0) is 18.4. The summed E-state index contributed by atoms with van der Waals surface area (Å²) in [5.74, 6) is -0.144. The van der Waals surface area contributed by atoms with Crippen molar-refractivity contribution in [3.8, 4) is 6.07 Å². The number of benzene rings is 1. The predicted molar refractivity (Wildman–Crippen MR) is 86.8 cm³/mol. The van der Waals surface area contributed by atoms with Crippen molar-refractivity contribution in [2.24, 2.45) is 5.92 Å².